The van der Waals surface area contributed by atoms with E-state index in [0.29, 0.717) is 0 Å². The predicted molar refractivity (Wildman–Crippen MR) is 76.6 cm³/mol. The second-order valence-electron chi connectivity index (χ2n) is 5.09. The van der Waals surface area contributed by atoms with Gasteiger partial charge in [-0.3, -0.25) is 4.79 Å². The van der Waals surface area contributed by atoms with Gasteiger partial charge in [0.1, 0.15) is 0 Å². The van der Waals surface area contributed by atoms with E-state index in [9.17, 15) is 9.90 Å². The number of piperidine rings is 1. The summed E-state index contributed by atoms with van der Waals surface area (Å²) < 4.78 is 0. The summed E-state index contributed by atoms with van der Waals surface area (Å²) in [6, 6.07) is 9.55. The zero-order valence-corrected chi connectivity index (χ0v) is 10.8. The number of aliphatic hydroxyl groups excluding tert-OH is 1. The number of nitrogens with zero attached hydrogens (tertiary/aromatic N) is 1. The van der Waals surface area contributed by atoms with Crippen LogP contribution in [0.3, 0.4) is 0 Å². The Kier molecular flexibility index (Phi) is 3.25. The summed E-state index contributed by atoms with van der Waals surface area (Å²) in [4.78, 5) is 16.5. The van der Waals surface area contributed by atoms with Gasteiger partial charge in [0.05, 0.1) is 18.2 Å². The van der Waals surface area contributed by atoms with Crippen LogP contribution in [0.5, 0.6) is 0 Å². The van der Waals surface area contributed by atoms with E-state index in [0.717, 1.165) is 36.0 Å². The quantitative estimate of drug-likeness (QED) is 0.864. The lowest BCUT2D eigenvalue weighted by Gasteiger charge is -2.37. The summed E-state index contributed by atoms with van der Waals surface area (Å²) in [6.07, 6.45) is 3.34. The highest BCUT2D eigenvalue weighted by Gasteiger charge is 2.23. The van der Waals surface area contributed by atoms with Gasteiger partial charge < -0.3 is 15.0 Å². The van der Waals surface area contributed by atoms with E-state index in [1.165, 1.54) is 6.42 Å². The monoisotopic (exact) mass is 258 g/mol. The number of aliphatic hydroxyl groups is 1. The van der Waals surface area contributed by atoms with Gasteiger partial charge in [0.15, 0.2) is 0 Å². The van der Waals surface area contributed by atoms with Crippen LogP contribution < -0.4 is 10.5 Å². The molecule has 1 aliphatic rings. The molecule has 1 aromatic heterocycles. The summed E-state index contributed by atoms with van der Waals surface area (Å²) in [7, 11) is 0. The summed E-state index contributed by atoms with van der Waals surface area (Å²) in [5.41, 5.74) is 1.88. The van der Waals surface area contributed by atoms with Crippen LogP contribution in [-0.2, 0) is 0 Å². The lowest BCUT2D eigenvalue weighted by Crippen LogP contribution is -2.42. The minimum absolute atomic E-state index is 0.0815. The maximum atomic E-state index is 11.4. The predicted octanol–water partition coefficient (Wildman–Crippen LogP) is 1.88. The average Bonchev–Trinajstić information content (AvgIpc) is 2.46. The molecule has 0 radical (unpaired) electrons. The Morgan fingerprint density at radius 3 is 3.00 bits per heavy atom. The number of fused-ring (bicyclic) bond motifs is 1. The molecule has 19 heavy (non-hydrogen) atoms. The van der Waals surface area contributed by atoms with Crippen molar-refractivity contribution in [2.24, 2.45) is 0 Å². The van der Waals surface area contributed by atoms with Crippen molar-refractivity contribution in [1.82, 2.24) is 4.98 Å². The first-order valence-corrected chi connectivity index (χ1v) is 6.79. The molecular weight excluding hydrogens is 240 g/mol. The zero-order valence-electron chi connectivity index (χ0n) is 10.8. The lowest BCUT2D eigenvalue weighted by molar-refractivity contribution is 0.240. The number of hydrogen-bond acceptors (Lipinski definition) is 3. The molecule has 2 N–H and O–H groups in total. The maximum Gasteiger partial charge on any atom is 0.248 e. The van der Waals surface area contributed by atoms with Crippen molar-refractivity contribution < 1.29 is 5.11 Å². The third-order valence-electron chi connectivity index (χ3n) is 3.89. The van der Waals surface area contributed by atoms with Crippen LogP contribution in [0, 0.1) is 0 Å². The topological polar surface area (TPSA) is 56.3 Å². The van der Waals surface area contributed by atoms with Gasteiger partial charge in [0.2, 0.25) is 5.56 Å². The van der Waals surface area contributed by atoms with Crippen molar-refractivity contribution in [2.45, 2.75) is 25.3 Å². The molecule has 0 amide bonds. The smallest absolute Gasteiger partial charge is 0.248 e. The van der Waals surface area contributed by atoms with E-state index in [2.05, 4.69) is 16.0 Å². The van der Waals surface area contributed by atoms with Crippen molar-refractivity contribution >= 4 is 16.6 Å². The van der Waals surface area contributed by atoms with Crippen molar-refractivity contribution in [3.63, 3.8) is 0 Å². The minimum Gasteiger partial charge on any atom is -0.394 e. The highest BCUT2D eigenvalue weighted by atomic mass is 16.3. The number of H-pyrrole nitrogens is 1. The molecule has 0 saturated carbocycles. The van der Waals surface area contributed by atoms with Crippen LogP contribution in [0.1, 0.15) is 19.3 Å². The minimum atomic E-state index is -0.0815. The van der Waals surface area contributed by atoms with E-state index in [1.54, 1.807) is 6.07 Å². The summed E-state index contributed by atoms with van der Waals surface area (Å²) in [6.45, 7) is 1.14. The molecule has 4 heteroatoms. The Bertz CT molecular complexity index is 635. The van der Waals surface area contributed by atoms with Crippen LogP contribution in [0.25, 0.3) is 10.9 Å². The molecule has 3 rings (SSSR count). The van der Waals surface area contributed by atoms with Crippen molar-refractivity contribution in [3.8, 4) is 0 Å². The lowest BCUT2D eigenvalue weighted by atomic mass is 10.0. The van der Waals surface area contributed by atoms with Gasteiger partial charge in [-0.25, -0.2) is 0 Å². The van der Waals surface area contributed by atoms with E-state index in [-0.39, 0.29) is 18.2 Å². The first-order valence-electron chi connectivity index (χ1n) is 6.79. The Morgan fingerprint density at radius 2 is 2.16 bits per heavy atom. The molecule has 4 nitrogen and oxygen atoms in total. The van der Waals surface area contributed by atoms with Crippen molar-refractivity contribution in [2.75, 3.05) is 18.1 Å². The fourth-order valence-electron chi connectivity index (χ4n) is 2.93. The molecule has 0 spiro atoms. The van der Waals surface area contributed by atoms with Gasteiger partial charge in [0.25, 0.3) is 0 Å². The number of hydrogen-bond donors (Lipinski definition) is 2. The highest BCUT2D eigenvalue weighted by molar-refractivity contribution is 5.91. The Labute approximate surface area is 111 Å². The molecule has 1 unspecified atom stereocenters. The largest absolute Gasteiger partial charge is 0.394 e. The normalized spacial score (nSPS) is 19.8. The number of nitrogens with one attached hydrogen (secondary N) is 1. The summed E-state index contributed by atoms with van der Waals surface area (Å²) in [5.74, 6) is 0. The van der Waals surface area contributed by atoms with Gasteiger partial charge in [-0.2, -0.15) is 0 Å². The number of aromatic amines is 1. The number of benzene rings is 1. The van der Waals surface area contributed by atoms with Crippen LogP contribution in [-0.4, -0.2) is 29.3 Å². The van der Waals surface area contributed by atoms with Crippen molar-refractivity contribution in [1.29, 1.82) is 0 Å². The fraction of sp³-hybridized carbons (Fsp3) is 0.400. The third-order valence-corrected chi connectivity index (χ3v) is 3.89. The molecule has 2 aromatic rings. The fourth-order valence-corrected chi connectivity index (χ4v) is 2.93. The van der Waals surface area contributed by atoms with Crippen molar-refractivity contribution in [3.05, 3.63) is 40.7 Å². The third kappa shape index (κ3) is 2.24. The molecule has 100 valence electrons. The summed E-state index contributed by atoms with van der Waals surface area (Å²) >= 11 is 0. The first-order chi connectivity index (χ1) is 9.29. The maximum absolute atomic E-state index is 11.4. The molecule has 2 heterocycles. The van der Waals surface area contributed by atoms with Crippen LogP contribution in [0.15, 0.2) is 35.1 Å². The van der Waals surface area contributed by atoms with Crippen LogP contribution in [0.2, 0.25) is 0 Å². The van der Waals surface area contributed by atoms with Gasteiger partial charge in [-0.1, -0.05) is 6.07 Å². The van der Waals surface area contributed by atoms with Gasteiger partial charge in [-0.15, -0.1) is 0 Å². The standard InChI is InChI=1S/C15H18N2O2/c18-10-11-4-1-2-9-17(11)14-6-3-5-13-12(14)7-8-15(19)16-13/h3,5-8,11,18H,1-2,4,9-10H2,(H,16,19). The van der Waals surface area contributed by atoms with Crippen LogP contribution in [0.4, 0.5) is 5.69 Å². The first kappa shape index (κ1) is 12.2. The highest BCUT2D eigenvalue weighted by Crippen LogP contribution is 2.30. The number of pyridine rings is 1. The second kappa shape index (κ2) is 5.05. The molecule has 1 aromatic carbocycles. The molecule has 1 saturated heterocycles. The number of rotatable bonds is 2. The number of anilines is 1. The summed E-state index contributed by atoms with van der Waals surface area (Å²) in [5, 5.41) is 10.6. The zero-order chi connectivity index (χ0) is 13.2. The molecule has 0 bridgehead atoms. The van der Waals surface area contributed by atoms with E-state index >= 15 is 0 Å². The number of aromatic nitrogens is 1. The van der Waals surface area contributed by atoms with E-state index in [1.807, 2.05) is 18.2 Å². The Balaban J connectivity index is 2.11. The molecule has 1 fully saturated rings. The SMILES string of the molecule is O=c1ccc2c(N3CCCCC3CO)cccc2[nH]1. The molecule has 0 aliphatic carbocycles. The second-order valence-corrected chi connectivity index (χ2v) is 5.09. The van der Waals surface area contributed by atoms with E-state index in [4.69, 9.17) is 0 Å². The molecular formula is C15H18N2O2. The molecule has 1 aliphatic heterocycles. The van der Waals surface area contributed by atoms with Gasteiger partial charge in [0, 0.05) is 23.7 Å². The van der Waals surface area contributed by atoms with E-state index < -0.39 is 0 Å². The van der Waals surface area contributed by atoms with Gasteiger partial charge in [-0.05, 0) is 37.5 Å². The average molecular weight is 258 g/mol. The Hall–Kier alpha value is -1.81. The Morgan fingerprint density at radius 1 is 1.26 bits per heavy atom. The van der Waals surface area contributed by atoms with Gasteiger partial charge >= 0.3 is 0 Å². The van der Waals surface area contributed by atoms with Crippen LogP contribution >= 0.6 is 0 Å². The molecule has 1 atom stereocenters.